The molecule has 2 heterocycles. The van der Waals surface area contributed by atoms with Crippen LogP contribution in [0.25, 0.3) is 0 Å². The molecular weight excluding hydrogens is 332 g/mol. The standard InChI is InChI=1S/C18H17ClO5/c1-10-8-16-15(24-16)5-3-2-4-11(20)9-12-13(19)6-7-14(21)17(12)18(22)23-10/h2-7,10,15-16,21H,8-9H2,1H3/b4-2+,5-3-/t10-,15-,16-/m1/s1. The van der Waals surface area contributed by atoms with E-state index in [4.69, 9.17) is 21.1 Å². The largest absolute Gasteiger partial charge is 0.507 e. The maximum atomic E-state index is 12.5. The average molecular weight is 349 g/mol. The number of hydrogen-bond acceptors (Lipinski definition) is 5. The molecule has 2 aliphatic rings. The van der Waals surface area contributed by atoms with Gasteiger partial charge in [-0.1, -0.05) is 29.8 Å². The van der Waals surface area contributed by atoms with Gasteiger partial charge in [0.25, 0.3) is 0 Å². The van der Waals surface area contributed by atoms with Crippen LogP contribution in [0.5, 0.6) is 5.75 Å². The topological polar surface area (TPSA) is 76.1 Å². The number of halogens is 1. The molecule has 126 valence electrons. The number of ether oxygens (including phenoxy) is 2. The lowest BCUT2D eigenvalue weighted by atomic mass is 10.0. The lowest BCUT2D eigenvalue weighted by molar-refractivity contribution is -0.114. The SMILES string of the molecule is C[C@@H]1C[C@H]2O[C@@H]2/C=C\C=C\C(=O)Cc2c(Cl)ccc(O)c2C(=O)O1. The fourth-order valence-electron chi connectivity index (χ4n) is 2.71. The predicted molar refractivity (Wildman–Crippen MR) is 88.3 cm³/mol. The lowest BCUT2D eigenvalue weighted by Crippen LogP contribution is -2.19. The molecule has 1 saturated heterocycles. The molecule has 24 heavy (non-hydrogen) atoms. The minimum absolute atomic E-state index is 0.0106. The Hall–Kier alpha value is -2.11. The number of carbonyl (C=O) groups is 2. The molecule has 0 amide bonds. The number of esters is 1. The highest BCUT2D eigenvalue weighted by molar-refractivity contribution is 6.32. The van der Waals surface area contributed by atoms with Crippen LogP contribution in [0.4, 0.5) is 0 Å². The van der Waals surface area contributed by atoms with E-state index in [1.165, 1.54) is 18.2 Å². The maximum Gasteiger partial charge on any atom is 0.342 e. The zero-order valence-corrected chi connectivity index (χ0v) is 13.8. The molecule has 1 aromatic carbocycles. The molecule has 2 aliphatic heterocycles. The van der Waals surface area contributed by atoms with Gasteiger partial charge in [0, 0.05) is 17.9 Å². The fourth-order valence-corrected chi connectivity index (χ4v) is 2.94. The number of phenols is 1. The Kier molecular flexibility index (Phi) is 4.73. The number of benzene rings is 1. The minimum Gasteiger partial charge on any atom is -0.507 e. The van der Waals surface area contributed by atoms with Gasteiger partial charge in [-0.3, -0.25) is 4.79 Å². The number of allylic oxidation sites excluding steroid dienone is 3. The van der Waals surface area contributed by atoms with Crippen molar-refractivity contribution in [1.82, 2.24) is 0 Å². The molecule has 0 saturated carbocycles. The van der Waals surface area contributed by atoms with Crippen LogP contribution in [0.1, 0.15) is 29.3 Å². The third-order valence-electron chi connectivity index (χ3n) is 3.98. The van der Waals surface area contributed by atoms with E-state index in [9.17, 15) is 14.7 Å². The summed E-state index contributed by atoms with van der Waals surface area (Å²) in [7, 11) is 0. The van der Waals surface area contributed by atoms with E-state index >= 15 is 0 Å². The molecule has 0 unspecified atom stereocenters. The van der Waals surface area contributed by atoms with Crippen molar-refractivity contribution in [1.29, 1.82) is 0 Å². The number of ketones is 1. The summed E-state index contributed by atoms with van der Waals surface area (Å²) in [6.07, 6.45) is 6.69. The van der Waals surface area contributed by atoms with Gasteiger partial charge in [0.05, 0.1) is 6.10 Å². The number of rotatable bonds is 0. The second-order valence-corrected chi connectivity index (χ2v) is 6.31. The molecule has 1 fully saturated rings. The minimum atomic E-state index is -0.695. The van der Waals surface area contributed by atoms with Gasteiger partial charge in [-0.25, -0.2) is 4.79 Å². The van der Waals surface area contributed by atoms with Gasteiger partial charge in [-0.05, 0) is 30.7 Å². The van der Waals surface area contributed by atoms with Gasteiger partial charge < -0.3 is 14.6 Å². The van der Waals surface area contributed by atoms with Crippen molar-refractivity contribution in [2.75, 3.05) is 0 Å². The number of phenolic OH excluding ortho intramolecular Hbond substituents is 1. The molecular formula is C18H17ClO5. The summed E-state index contributed by atoms with van der Waals surface area (Å²) in [5.74, 6) is -1.19. The van der Waals surface area contributed by atoms with Crippen LogP contribution in [0.2, 0.25) is 5.02 Å². The van der Waals surface area contributed by atoms with Crippen molar-refractivity contribution in [3.63, 3.8) is 0 Å². The molecule has 6 heteroatoms. The second-order valence-electron chi connectivity index (χ2n) is 5.90. The first kappa shape index (κ1) is 16.7. The first-order valence-electron chi connectivity index (χ1n) is 7.70. The molecule has 5 nitrogen and oxygen atoms in total. The Labute approximate surface area is 144 Å². The van der Waals surface area contributed by atoms with E-state index in [1.54, 1.807) is 19.1 Å². The van der Waals surface area contributed by atoms with Crippen LogP contribution >= 0.6 is 11.6 Å². The van der Waals surface area contributed by atoms with Crippen LogP contribution in [0.15, 0.2) is 36.4 Å². The number of cyclic esters (lactones) is 1. The third-order valence-corrected chi connectivity index (χ3v) is 4.33. The maximum absolute atomic E-state index is 12.5. The molecule has 0 aliphatic carbocycles. The Morgan fingerprint density at radius 3 is 2.83 bits per heavy atom. The molecule has 3 atom stereocenters. The van der Waals surface area contributed by atoms with Crippen molar-refractivity contribution >= 4 is 23.4 Å². The number of carbonyl (C=O) groups excluding carboxylic acids is 2. The van der Waals surface area contributed by atoms with Gasteiger partial charge in [0.2, 0.25) is 0 Å². The zero-order chi connectivity index (χ0) is 17.3. The van der Waals surface area contributed by atoms with E-state index in [2.05, 4.69) is 0 Å². The summed E-state index contributed by atoms with van der Waals surface area (Å²) in [5, 5.41) is 10.3. The zero-order valence-electron chi connectivity index (χ0n) is 13.1. The van der Waals surface area contributed by atoms with E-state index in [0.29, 0.717) is 6.42 Å². The molecule has 3 rings (SSSR count). The highest BCUT2D eigenvalue weighted by Crippen LogP contribution is 2.32. The van der Waals surface area contributed by atoms with Crippen molar-refractivity contribution in [3.8, 4) is 5.75 Å². The van der Waals surface area contributed by atoms with Gasteiger partial charge in [0.15, 0.2) is 5.78 Å². The van der Waals surface area contributed by atoms with Crippen LogP contribution in [0.3, 0.4) is 0 Å². The molecule has 0 spiro atoms. The van der Waals surface area contributed by atoms with E-state index < -0.39 is 5.97 Å². The number of fused-ring (bicyclic) bond motifs is 2. The Morgan fingerprint density at radius 1 is 1.25 bits per heavy atom. The molecule has 1 aromatic rings. The van der Waals surface area contributed by atoms with Gasteiger partial charge in [0.1, 0.15) is 23.5 Å². The Bertz CT molecular complexity index is 737. The quantitative estimate of drug-likeness (QED) is 0.576. The molecule has 0 bridgehead atoms. The first-order valence-corrected chi connectivity index (χ1v) is 8.08. The van der Waals surface area contributed by atoms with E-state index in [1.807, 2.05) is 6.08 Å². The molecule has 0 aromatic heterocycles. The lowest BCUT2D eigenvalue weighted by Gasteiger charge is -2.16. The third kappa shape index (κ3) is 3.68. The van der Waals surface area contributed by atoms with Crippen molar-refractivity contribution in [2.24, 2.45) is 0 Å². The number of epoxide rings is 1. The van der Waals surface area contributed by atoms with E-state index in [0.717, 1.165) is 0 Å². The summed E-state index contributed by atoms with van der Waals surface area (Å²) in [6.45, 7) is 1.76. The van der Waals surface area contributed by atoms with Crippen LogP contribution < -0.4 is 0 Å². The van der Waals surface area contributed by atoms with Gasteiger partial charge in [-0.15, -0.1) is 0 Å². The number of hydrogen-bond donors (Lipinski definition) is 1. The van der Waals surface area contributed by atoms with Crippen molar-refractivity contribution in [3.05, 3.63) is 52.6 Å². The van der Waals surface area contributed by atoms with E-state index in [-0.39, 0.29) is 52.4 Å². The first-order chi connectivity index (χ1) is 11.5. The smallest absolute Gasteiger partial charge is 0.342 e. The summed E-state index contributed by atoms with van der Waals surface area (Å²) in [5.41, 5.74) is 0.210. The summed E-state index contributed by atoms with van der Waals surface area (Å²) in [6, 6.07) is 2.77. The van der Waals surface area contributed by atoms with Crippen LogP contribution in [0, 0.1) is 0 Å². The summed E-state index contributed by atoms with van der Waals surface area (Å²) < 4.78 is 10.9. The number of aromatic hydroxyl groups is 1. The molecule has 1 N–H and O–H groups in total. The normalized spacial score (nSPS) is 29.7. The van der Waals surface area contributed by atoms with Gasteiger partial charge >= 0.3 is 5.97 Å². The second kappa shape index (κ2) is 6.79. The van der Waals surface area contributed by atoms with Crippen LogP contribution in [-0.4, -0.2) is 35.2 Å². The van der Waals surface area contributed by atoms with Crippen molar-refractivity contribution < 1.29 is 24.2 Å². The molecule has 0 radical (unpaired) electrons. The predicted octanol–water partition coefficient (Wildman–Crippen LogP) is 2.99. The Balaban J connectivity index is 1.97. The highest BCUT2D eigenvalue weighted by Gasteiger charge is 2.38. The Morgan fingerprint density at radius 2 is 2.04 bits per heavy atom. The monoisotopic (exact) mass is 348 g/mol. The van der Waals surface area contributed by atoms with Crippen LogP contribution in [-0.2, 0) is 20.7 Å². The van der Waals surface area contributed by atoms with Gasteiger partial charge in [-0.2, -0.15) is 0 Å². The highest BCUT2D eigenvalue weighted by atomic mass is 35.5. The summed E-state index contributed by atoms with van der Waals surface area (Å²) >= 11 is 6.13. The fraction of sp³-hybridized carbons (Fsp3) is 0.333. The van der Waals surface area contributed by atoms with Crippen molar-refractivity contribution in [2.45, 2.75) is 38.1 Å². The average Bonchev–Trinajstić information content (AvgIpc) is 3.24. The summed E-state index contributed by atoms with van der Waals surface area (Å²) in [4.78, 5) is 24.6.